The highest BCUT2D eigenvalue weighted by atomic mass is 32.2. The van der Waals surface area contributed by atoms with Crippen LogP contribution in [0.2, 0.25) is 0 Å². The van der Waals surface area contributed by atoms with E-state index in [2.05, 4.69) is 5.43 Å². The third kappa shape index (κ3) is 3.28. The third-order valence-electron chi connectivity index (χ3n) is 3.14. The molecular formula is C11H16N4O4S2. The molecule has 10 heteroatoms. The lowest BCUT2D eigenvalue weighted by Crippen LogP contribution is -2.41. The van der Waals surface area contributed by atoms with Gasteiger partial charge in [0, 0.05) is 30.2 Å². The number of thioether (sulfide) groups is 1. The van der Waals surface area contributed by atoms with Gasteiger partial charge in [-0.25, -0.2) is 8.42 Å². The number of rotatable bonds is 4. The Kier molecular flexibility index (Phi) is 4.71. The molecule has 1 aliphatic rings. The Balaban J connectivity index is 2.49. The standard InChI is InChI=1S/C11H16N4O4S2/c1-8-7-14(4-5-20-8)21(18,19)11-6-9(13-12)2-3-10(11)15(16)17/h2-3,6,8,13H,4-5,7,12H2,1H3. The van der Waals surface area contributed by atoms with Gasteiger partial charge in [0.05, 0.1) is 10.6 Å². The van der Waals surface area contributed by atoms with Crippen LogP contribution in [-0.4, -0.2) is 41.7 Å². The maximum Gasteiger partial charge on any atom is 0.289 e. The quantitative estimate of drug-likeness (QED) is 0.480. The van der Waals surface area contributed by atoms with Crippen molar-refractivity contribution in [3.8, 4) is 0 Å². The van der Waals surface area contributed by atoms with Crippen LogP contribution in [0.25, 0.3) is 0 Å². The van der Waals surface area contributed by atoms with Crippen molar-refractivity contribution >= 4 is 33.2 Å². The van der Waals surface area contributed by atoms with E-state index in [4.69, 9.17) is 5.84 Å². The number of nitro benzene ring substituents is 1. The molecule has 1 saturated heterocycles. The molecule has 3 N–H and O–H groups in total. The fraction of sp³-hybridized carbons (Fsp3) is 0.455. The Hall–Kier alpha value is -1.36. The van der Waals surface area contributed by atoms with Crippen LogP contribution in [0.15, 0.2) is 23.1 Å². The summed E-state index contributed by atoms with van der Waals surface area (Å²) in [5, 5.41) is 11.2. The number of hydrazine groups is 1. The maximum absolute atomic E-state index is 12.7. The van der Waals surface area contributed by atoms with E-state index in [1.165, 1.54) is 16.4 Å². The highest BCUT2D eigenvalue weighted by Gasteiger charge is 2.34. The second kappa shape index (κ2) is 6.18. The molecule has 1 aliphatic heterocycles. The number of hydrogen-bond acceptors (Lipinski definition) is 7. The zero-order chi connectivity index (χ0) is 15.6. The second-order valence-electron chi connectivity index (χ2n) is 4.63. The van der Waals surface area contributed by atoms with Crippen LogP contribution >= 0.6 is 11.8 Å². The van der Waals surface area contributed by atoms with Crippen molar-refractivity contribution in [2.75, 3.05) is 24.3 Å². The van der Waals surface area contributed by atoms with E-state index in [1.54, 1.807) is 11.8 Å². The van der Waals surface area contributed by atoms with Crippen LogP contribution in [-0.2, 0) is 10.0 Å². The Bertz CT molecular complexity index is 650. The Morgan fingerprint density at radius 2 is 2.24 bits per heavy atom. The molecule has 2 rings (SSSR count). The third-order valence-corrected chi connectivity index (χ3v) is 6.18. The Labute approximate surface area is 126 Å². The largest absolute Gasteiger partial charge is 0.324 e. The molecule has 1 aromatic rings. The highest BCUT2D eigenvalue weighted by Crippen LogP contribution is 2.31. The van der Waals surface area contributed by atoms with Gasteiger partial charge in [0.25, 0.3) is 5.69 Å². The molecule has 21 heavy (non-hydrogen) atoms. The van der Waals surface area contributed by atoms with Crippen molar-refractivity contribution in [2.24, 2.45) is 5.84 Å². The predicted molar refractivity (Wildman–Crippen MR) is 81.6 cm³/mol. The summed E-state index contributed by atoms with van der Waals surface area (Å²) in [6, 6.07) is 3.70. The van der Waals surface area contributed by atoms with E-state index in [0.29, 0.717) is 24.5 Å². The lowest BCUT2D eigenvalue weighted by molar-refractivity contribution is -0.387. The smallest absolute Gasteiger partial charge is 0.289 e. The van der Waals surface area contributed by atoms with Gasteiger partial charge in [0.15, 0.2) is 4.90 Å². The lowest BCUT2D eigenvalue weighted by atomic mass is 10.3. The van der Waals surface area contributed by atoms with Gasteiger partial charge >= 0.3 is 0 Å². The minimum Gasteiger partial charge on any atom is -0.324 e. The zero-order valence-electron chi connectivity index (χ0n) is 11.4. The monoisotopic (exact) mass is 332 g/mol. The second-order valence-corrected chi connectivity index (χ2v) is 8.08. The minimum absolute atomic E-state index is 0.156. The van der Waals surface area contributed by atoms with Crippen molar-refractivity contribution in [2.45, 2.75) is 17.1 Å². The van der Waals surface area contributed by atoms with Crippen LogP contribution in [0.5, 0.6) is 0 Å². The number of nitrogens with one attached hydrogen (secondary N) is 1. The molecule has 0 aromatic heterocycles. The number of benzene rings is 1. The summed E-state index contributed by atoms with van der Waals surface area (Å²) in [5.74, 6) is 5.93. The molecule has 1 atom stereocenters. The van der Waals surface area contributed by atoms with Crippen molar-refractivity contribution < 1.29 is 13.3 Å². The van der Waals surface area contributed by atoms with Crippen molar-refractivity contribution in [3.63, 3.8) is 0 Å². The molecular weight excluding hydrogens is 316 g/mol. The normalized spacial score (nSPS) is 20.2. The predicted octanol–water partition coefficient (Wildman–Crippen LogP) is 1.01. The van der Waals surface area contributed by atoms with Gasteiger partial charge in [-0.3, -0.25) is 16.0 Å². The topological polar surface area (TPSA) is 119 Å². The van der Waals surface area contributed by atoms with Gasteiger partial charge < -0.3 is 5.43 Å². The molecule has 0 bridgehead atoms. The van der Waals surface area contributed by atoms with E-state index >= 15 is 0 Å². The van der Waals surface area contributed by atoms with Crippen LogP contribution in [0.3, 0.4) is 0 Å². The average molecular weight is 332 g/mol. The maximum atomic E-state index is 12.7. The average Bonchev–Trinajstić information content (AvgIpc) is 2.46. The fourth-order valence-electron chi connectivity index (χ4n) is 2.11. The van der Waals surface area contributed by atoms with Crippen LogP contribution in [0, 0.1) is 10.1 Å². The molecule has 0 aliphatic carbocycles. The first kappa shape index (κ1) is 16.0. The van der Waals surface area contributed by atoms with Gasteiger partial charge in [0.1, 0.15) is 0 Å². The molecule has 0 radical (unpaired) electrons. The molecule has 1 aromatic carbocycles. The SMILES string of the molecule is CC1CN(S(=O)(=O)c2cc(NN)ccc2[N+](=O)[O-])CCS1. The molecule has 1 unspecified atom stereocenters. The molecule has 1 heterocycles. The van der Waals surface area contributed by atoms with Gasteiger partial charge in [-0.15, -0.1) is 0 Å². The number of nitro groups is 1. The number of hydrogen-bond donors (Lipinski definition) is 2. The zero-order valence-corrected chi connectivity index (χ0v) is 13.0. The van der Waals surface area contributed by atoms with Gasteiger partial charge in [-0.2, -0.15) is 16.1 Å². The molecule has 8 nitrogen and oxygen atoms in total. The van der Waals surface area contributed by atoms with E-state index < -0.39 is 20.6 Å². The van der Waals surface area contributed by atoms with Crippen LogP contribution in [0.1, 0.15) is 6.92 Å². The first-order valence-corrected chi connectivity index (χ1v) is 8.72. The van der Waals surface area contributed by atoms with Crippen LogP contribution < -0.4 is 11.3 Å². The van der Waals surface area contributed by atoms with E-state index in [1.807, 2.05) is 6.92 Å². The van der Waals surface area contributed by atoms with Crippen LogP contribution in [0.4, 0.5) is 11.4 Å². The summed E-state index contributed by atoms with van der Waals surface area (Å²) in [7, 11) is -3.92. The summed E-state index contributed by atoms with van der Waals surface area (Å²) < 4.78 is 26.6. The number of nitrogen functional groups attached to an aromatic ring is 1. The molecule has 1 fully saturated rings. The first-order valence-electron chi connectivity index (χ1n) is 6.23. The van der Waals surface area contributed by atoms with Gasteiger partial charge in [-0.1, -0.05) is 6.92 Å². The number of nitrogens with two attached hydrogens (primary N) is 1. The van der Waals surface area contributed by atoms with E-state index in [-0.39, 0.29) is 10.1 Å². The summed E-state index contributed by atoms with van der Waals surface area (Å²) in [6.07, 6.45) is 0. The fourth-order valence-corrected chi connectivity index (χ4v) is 5.04. The van der Waals surface area contributed by atoms with Gasteiger partial charge in [-0.05, 0) is 12.1 Å². The minimum atomic E-state index is -3.92. The Morgan fingerprint density at radius 1 is 1.52 bits per heavy atom. The number of nitrogens with zero attached hydrogens (tertiary/aromatic N) is 2. The molecule has 0 amide bonds. The number of anilines is 1. The lowest BCUT2D eigenvalue weighted by Gasteiger charge is -2.29. The summed E-state index contributed by atoms with van der Waals surface area (Å²) >= 11 is 1.68. The Morgan fingerprint density at radius 3 is 2.81 bits per heavy atom. The van der Waals surface area contributed by atoms with Crippen molar-refractivity contribution in [1.29, 1.82) is 0 Å². The molecule has 0 saturated carbocycles. The summed E-state index contributed by atoms with van der Waals surface area (Å²) in [6.45, 7) is 2.61. The highest BCUT2D eigenvalue weighted by molar-refractivity contribution is 8.00. The van der Waals surface area contributed by atoms with E-state index in [9.17, 15) is 18.5 Å². The summed E-state index contributed by atoms with van der Waals surface area (Å²) in [5.41, 5.74) is 2.17. The van der Waals surface area contributed by atoms with E-state index in [0.717, 1.165) is 6.07 Å². The van der Waals surface area contributed by atoms with Gasteiger partial charge in [0.2, 0.25) is 10.0 Å². The summed E-state index contributed by atoms with van der Waals surface area (Å²) in [4.78, 5) is 10.1. The molecule has 0 spiro atoms. The van der Waals surface area contributed by atoms with Crippen molar-refractivity contribution in [3.05, 3.63) is 28.3 Å². The van der Waals surface area contributed by atoms with Crippen molar-refractivity contribution in [1.82, 2.24) is 4.31 Å². The number of sulfonamides is 1. The molecule has 116 valence electrons. The first-order chi connectivity index (χ1) is 9.86.